The lowest BCUT2D eigenvalue weighted by molar-refractivity contribution is 0.126. The van der Waals surface area contributed by atoms with Crippen molar-refractivity contribution in [2.24, 2.45) is 0 Å². The van der Waals surface area contributed by atoms with Gasteiger partial charge in [0.1, 0.15) is 0 Å². The Hall–Kier alpha value is -0.120. The van der Waals surface area contributed by atoms with Crippen LogP contribution in [0.3, 0.4) is 0 Å². The van der Waals surface area contributed by atoms with Crippen LogP contribution in [0.1, 0.15) is 39.5 Å². The van der Waals surface area contributed by atoms with Crippen molar-refractivity contribution >= 4 is 0 Å². The zero-order chi connectivity index (χ0) is 11.9. The maximum Gasteiger partial charge on any atom is 0.0589 e. The molecule has 1 saturated heterocycles. The molecule has 3 nitrogen and oxygen atoms in total. The molecule has 0 bridgehead atoms. The minimum Gasteiger partial charge on any atom is -0.383 e. The van der Waals surface area contributed by atoms with Crippen molar-refractivity contribution in [1.82, 2.24) is 10.2 Å². The Balaban J connectivity index is 2.45. The fourth-order valence-electron chi connectivity index (χ4n) is 2.77. The molecule has 0 spiro atoms. The first-order valence-corrected chi connectivity index (χ1v) is 6.72. The number of likely N-dealkylation sites (N-methyl/N-ethyl adjacent to an activating group) is 1. The minimum atomic E-state index is 0.387. The van der Waals surface area contributed by atoms with Crippen molar-refractivity contribution < 1.29 is 4.74 Å². The first kappa shape index (κ1) is 13.9. The SMILES string of the molecule is CCCC1(CN(CC)CCOC)CCCN1. The van der Waals surface area contributed by atoms with Crippen LogP contribution in [0.4, 0.5) is 0 Å². The Bertz CT molecular complexity index is 179. The molecule has 16 heavy (non-hydrogen) atoms. The van der Waals surface area contributed by atoms with Gasteiger partial charge in [-0.3, -0.25) is 4.90 Å². The first-order chi connectivity index (χ1) is 7.76. The van der Waals surface area contributed by atoms with E-state index in [1.54, 1.807) is 7.11 Å². The molecule has 96 valence electrons. The Labute approximate surface area is 101 Å². The van der Waals surface area contributed by atoms with Crippen LogP contribution in [0, 0.1) is 0 Å². The second-order valence-corrected chi connectivity index (χ2v) is 4.92. The van der Waals surface area contributed by atoms with Crippen LogP contribution in [-0.4, -0.2) is 50.3 Å². The van der Waals surface area contributed by atoms with Gasteiger partial charge < -0.3 is 10.1 Å². The number of methoxy groups -OCH3 is 1. The fraction of sp³-hybridized carbons (Fsp3) is 1.00. The molecule has 0 aromatic carbocycles. The highest BCUT2D eigenvalue weighted by Gasteiger charge is 2.33. The topological polar surface area (TPSA) is 24.5 Å². The van der Waals surface area contributed by atoms with Gasteiger partial charge in [-0.2, -0.15) is 0 Å². The van der Waals surface area contributed by atoms with Gasteiger partial charge in [-0.15, -0.1) is 0 Å². The zero-order valence-corrected chi connectivity index (χ0v) is 11.2. The normalized spacial score (nSPS) is 25.5. The summed E-state index contributed by atoms with van der Waals surface area (Å²) in [5, 5.41) is 3.73. The van der Waals surface area contributed by atoms with E-state index in [0.717, 1.165) is 19.7 Å². The highest BCUT2D eigenvalue weighted by molar-refractivity contribution is 4.95. The highest BCUT2D eigenvalue weighted by Crippen LogP contribution is 2.25. The lowest BCUT2D eigenvalue weighted by Crippen LogP contribution is -2.50. The molecule has 3 heteroatoms. The largest absolute Gasteiger partial charge is 0.383 e. The molecule has 0 radical (unpaired) electrons. The van der Waals surface area contributed by atoms with Gasteiger partial charge in [0.25, 0.3) is 0 Å². The molecule has 1 aliphatic rings. The molecule has 1 heterocycles. The van der Waals surface area contributed by atoms with E-state index in [4.69, 9.17) is 4.74 Å². The third-order valence-electron chi connectivity index (χ3n) is 3.65. The molecule has 1 atom stereocenters. The van der Waals surface area contributed by atoms with Crippen LogP contribution < -0.4 is 5.32 Å². The van der Waals surface area contributed by atoms with Gasteiger partial charge in [0.15, 0.2) is 0 Å². The smallest absolute Gasteiger partial charge is 0.0589 e. The van der Waals surface area contributed by atoms with Crippen molar-refractivity contribution in [2.45, 2.75) is 45.1 Å². The molecule has 1 rings (SSSR count). The molecule has 0 aromatic heterocycles. The highest BCUT2D eigenvalue weighted by atomic mass is 16.5. The van der Waals surface area contributed by atoms with E-state index in [1.165, 1.54) is 38.8 Å². The predicted octanol–water partition coefficient (Wildman–Crippen LogP) is 1.88. The van der Waals surface area contributed by atoms with Crippen LogP contribution in [0.25, 0.3) is 0 Å². The second-order valence-electron chi connectivity index (χ2n) is 4.92. The number of nitrogens with zero attached hydrogens (tertiary/aromatic N) is 1. The zero-order valence-electron chi connectivity index (χ0n) is 11.2. The van der Waals surface area contributed by atoms with E-state index in [9.17, 15) is 0 Å². The fourth-order valence-corrected chi connectivity index (χ4v) is 2.77. The summed E-state index contributed by atoms with van der Waals surface area (Å²) in [6.45, 7) is 9.92. The molecule has 1 N–H and O–H groups in total. The quantitative estimate of drug-likeness (QED) is 0.686. The number of hydrogen-bond donors (Lipinski definition) is 1. The molecule has 0 amide bonds. The van der Waals surface area contributed by atoms with Gasteiger partial charge in [-0.25, -0.2) is 0 Å². The van der Waals surface area contributed by atoms with Crippen molar-refractivity contribution in [3.8, 4) is 0 Å². The molecule has 0 aliphatic carbocycles. The van der Waals surface area contributed by atoms with E-state index >= 15 is 0 Å². The van der Waals surface area contributed by atoms with Crippen LogP contribution in [0.5, 0.6) is 0 Å². The molecule has 1 unspecified atom stereocenters. The van der Waals surface area contributed by atoms with Crippen molar-refractivity contribution in [1.29, 1.82) is 0 Å². The summed E-state index contributed by atoms with van der Waals surface area (Å²) in [5.74, 6) is 0. The molecule has 0 aromatic rings. The molecular weight excluding hydrogens is 200 g/mol. The van der Waals surface area contributed by atoms with Gasteiger partial charge in [0.2, 0.25) is 0 Å². The average molecular weight is 228 g/mol. The third-order valence-corrected chi connectivity index (χ3v) is 3.65. The lowest BCUT2D eigenvalue weighted by atomic mass is 9.91. The van der Waals surface area contributed by atoms with Crippen molar-refractivity contribution in [2.75, 3.05) is 39.9 Å². The standard InChI is InChI=1S/C13H28N2O/c1-4-7-13(8-6-9-14-13)12-15(5-2)10-11-16-3/h14H,4-12H2,1-3H3. The maximum absolute atomic E-state index is 5.17. The van der Waals surface area contributed by atoms with Crippen molar-refractivity contribution in [3.63, 3.8) is 0 Å². The van der Waals surface area contributed by atoms with E-state index < -0.39 is 0 Å². The van der Waals surface area contributed by atoms with Crippen LogP contribution in [0.2, 0.25) is 0 Å². The van der Waals surface area contributed by atoms with E-state index in [-0.39, 0.29) is 0 Å². The molecular formula is C13H28N2O. The maximum atomic E-state index is 5.17. The summed E-state index contributed by atoms with van der Waals surface area (Å²) in [6, 6.07) is 0. The Kier molecular flexibility index (Phi) is 6.32. The lowest BCUT2D eigenvalue weighted by Gasteiger charge is -2.35. The summed E-state index contributed by atoms with van der Waals surface area (Å²) in [6.07, 6.45) is 5.25. The van der Waals surface area contributed by atoms with Crippen LogP contribution in [-0.2, 0) is 4.74 Å². The second kappa shape index (κ2) is 7.25. The summed E-state index contributed by atoms with van der Waals surface area (Å²) in [7, 11) is 1.78. The van der Waals surface area contributed by atoms with Crippen LogP contribution in [0.15, 0.2) is 0 Å². The average Bonchev–Trinajstić information content (AvgIpc) is 2.73. The predicted molar refractivity (Wildman–Crippen MR) is 68.9 cm³/mol. The monoisotopic (exact) mass is 228 g/mol. The van der Waals surface area contributed by atoms with Gasteiger partial charge in [-0.1, -0.05) is 20.3 Å². The van der Waals surface area contributed by atoms with Gasteiger partial charge >= 0.3 is 0 Å². The summed E-state index contributed by atoms with van der Waals surface area (Å²) in [4.78, 5) is 2.51. The first-order valence-electron chi connectivity index (χ1n) is 6.72. The van der Waals surface area contributed by atoms with Crippen LogP contribution >= 0.6 is 0 Å². The van der Waals surface area contributed by atoms with E-state index in [1.807, 2.05) is 0 Å². The summed E-state index contributed by atoms with van der Waals surface area (Å²) >= 11 is 0. The Morgan fingerprint density at radius 1 is 1.38 bits per heavy atom. The molecule has 0 saturated carbocycles. The van der Waals surface area contributed by atoms with Gasteiger partial charge in [0.05, 0.1) is 6.61 Å². The number of nitrogens with one attached hydrogen (secondary N) is 1. The molecule has 1 fully saturated rings. The van der Waals surface area contributed by atoms with Gasteiger partial charge in [-0.05, 0) is 32.4 Å². The number of hydrogen-bond acceptors (Lipinski definition) is 3. The summed E-state index contributed by atoms with van der Waals surface area (Å²) < 4.78 is 5.17. The van der Waals surface area contributed by atoms with Gasteiger partial charge in [0, 0.05) is 25.7 Å². The van der Waals surface area contributed by atoms with Crippen molar-refractivity contribution in [3.05, 3.63) is 0 Å². The Morgan fingerprint density at radius 3 is 2.69 bits per heavy atom. The Morgan fingerprint density at radius 2 is 2.19 bits per heavy atom. The molecule has 1 aliphatic heterocycles. The summed E-state index contributed by atoms with van der Waals surface area (Å²) in [5.41, 5.74) is 0.387. The van der Waals surface area contributed by atoms with E-state index in [2.05, 4.69) is 24.1 Å². The third kappa shape index (κ3) is 4.04. The minimum absolute atomic E-state index is 0.387. The van der Waals surface area contributed by atoms with E-state index in [0.29, 0.717) is 5.54 Å². The number of ether oxygens (including phenoxy) is 1. The number of rotatable bonds is 8.